The van der Waals surface area contributed by atoms with Crippen LogP contribution in [0.2, 0.25) is 0 Å². The molecule has 0 aliphatic carbocycles. The third-order valence-corrected chi connectivity index (χ3v) is 5.64. The summed E-state index contributed by atoms with van der Waals surface area (Å²) in [7, 11) is 0. The summed E-state index contributed by atoms with van der Waals surface area (Å²) >= 11 is 0. The lowest BCUT2D eigenvalue weighted by molar-refractivity contribution is -0.105. The lowest BCUT2D eigenvalue weighted by Crippen LogP contribution is -2.37. The molecule has 3 N–H and O–H groups in total. The third kappa shape index (κ3) is 7.61. The zero-order chi connectivity index (χ0) is 26.1. The molecule has 190 valence electrons. The first-order chi connectivity index (χ1) is 17.2. The van der Waals surface area contributed by atoms with Crippen molar-refractivity contribution in [3.05, 3.63) is 75.9 Å². The first-order valence-corrected chi connectivity index (χ1v) is 12.1. The quantitative estimate of drug-likeness (QED) is 0.156. The first kappa shape index (κ1) is 26.8. The summed E-state index contributed by atoms with van der Waals surface area (Å²) in [6, 6.07) is 15.6. The molecule has 0 amide bonds. The van der Waals surface area contributed by atoms with Crippen LogP contribution >= 0.6 is 0 Å². The van der Waals surface area contributed by atoms with Crippen molar-refractivity contribution in [1.82, 2.24) is 15.5 Å². The second-order valence-electron chi connectivity index (χ2n) is 9.42. The number of aliphatic hydroxyl groups is 1. The van der Waals surface area contributed by atoms with Crippen molar-refractivity contribution in [3.8, 4) is 22.5 Å². The molecule has 0 aliphatic rings. The highest BCUT2D eigenvalue weighted by Gasteiger charge is 2.14. The molecule has 0 unspecified atom stereocenters. The van der Waals surface area contributed by atoms with Gasteiger partial charge in [0.1, 0.15) is 6.29 Å². The average Bonchev–Trinajstić information content (AvgIpc) is 3.30. The number of H-pyrrole nitrogens is 1. The van der Waals surface area contributed by atoms with Crippen LogP contribution in [0.25, 0.3) is 22.5 Å². The second kappa shape index (κ2) is 12.3. The summed E-state index contributed by atoms with van der Waals surface area (Å²) < 4.78 is 4.67. The van der Waals surface area contributed by atoms with Gasteiger partial charge in [0.05, 0.1) is 11.4 Å². The minimum atomic E-state index is -0.860. The van der Waals surface area contributed by atoms with Crippen molar-refractivity contribution in [1.29, 1.82) is 0 Å². The zero-order valence-corrected chi connectivity index (χ0v) is 21.3. The van der Waals surface area contributed by atoms with Crippen LogP contribution in [-0.2, 0) is 11.2 Å². The van der Waals surface area contributed by atoms with Crippen LogP contribution in [-0.4, -0.2) is 39.5 Å². The number of unbranched alkanes of at least 4 members (excludes halogenated alkanes) is 1. The molecular weight excluding hydrogens is 456 g/mol. The van der Waals surface area contributed by atoms with E-state index in [1.54, 1.807) is 13.8 Å². The van der Waals surface area contributed by atoms with Crippen LogP contribution in [0.15, 0.2) is 74.1 Å². The Morgan fingerprint density at radius 3 is 2.44 bits per heavy atom. The van der Waals surface area contributed by atoms with Gasteiger partial charge in [-0.05, 0) is 50.3 Å². The number of nitrogens with zero attached hydrogens (tertiary/aromatic N) is 2. The molecule has 3 aromatic rings. The topological polar surface area (TPSA) is 121 Å². The van der Waals surface area contributed by atoms with Gasteiger partial charge in [-0.2, -0.15) is 0 Å². The number of rotatable bonds is 11. The first-order valence-electron chi connectivity index (χ1n) is 12.1. The molecule has 2 aromatic carbocycles. The van der Waals surface area contributed by atoms with Crippen LogP contribution in [0.4, 0.5) is 0 Å². The van der Waals surface area contributed by atoms with Gasteiger partial charge in [0, 0.05) is 29.8 Å². The second-order valence-corrected chi connectivity index (χ2v) is 9.42. The number of aromatic amines is 1. The fraction of sp³-hybridized carbons (Fsp3) is 0.357. The van der Waals surface area contributed by atoms with Gasteiger partial charge in [0.2, 0.25) is 0 Å². The minimum absolute atomic E-state index is 0.366. The lowest BCUT2D eigenvalue weighted by atomic mass is 9.96. The molecule has 3 rings (SSSR count). The highest BCUT2D eigenvalue weighted by atomic mass is 16.5. The van der Waals surface area contributed by atoms with Gasteiger partial charge in [0.25, 0.3) is 0 Å². The van der Waals surface area contributed by atoms with Crippen LogP contribution in [0.5, 0.6) is 0 Å². The Morgan fingerprint density at radius 2 is 1.86 bits per heavy atom. The fourth-order valence-electron chi connectivity index (χ4n) is 3.74. The molecule has 8 nitrogen and oxygen atoms in total. The third-order valence-electron chi connectivity index (χ3n) is 5.64. The molecule has 0 spiro atoms. The zero-order valence-electron chi connectivity index (χ0n) is 21.3. The lowest BCUT2D eigenvalue weighted by Gasteiger charge is -2.18. The Bertz CT molecular complexity index is 1280. The molecule has 1 heterocycles. The molecule has 0 saturated heterocycles. The van der Waals surface area contributed by atoms with Crippen molar-refractivity contribution >= 4 is 12.1 Å². The van der Waals surface area contributed by atoms with E-state index >= 15 is 0 Å². The number of carbonyl (C=O) groups excluding carboxylic acids is 1. The van der Waals surface area contributed by atoms with Gasteiger partial charge in [-0.25, -0.2) is 9.79 Å². The minimum Gasteiger partial charge on any atom is -0.389 e. The highest BCUT2D eigenvalue weighted by molar-refractivity contribution is 5.83. The number of allylic oxidation sites excluding steroid dienone is 2. The van der Waals surface area contributed by atoms with Crippen LogP contribution < -0.4 is 11.1 Å². The van der Waals surface area contributed by atoms with Gasteiger partial charge in [-0.3, -0.25) is 14.3 Å². The largest absolute Gasteiger partial charge is 0.439 e. The molecule has 0 atom stereocenters. The molecule has 0 aliphatic heterocycles. The Labute approximate surface area is 211 Å². The Kier molecular flexibility index (Phi) is 9.13. The van der Waals surface area contributed by atoms with Crippen molar-refractivity contribution in [2.75, 3.05) is 6.54 Å². The summed E-state index contributed by atoms with van der Waals surface area (Å²) in [6.07, 6.45) is 3.97. The number of benzene rings is 2. The molecule has 0 bridgehead atoms. The summed E-state index contributed by atoms with van der Waals surface area (Å²) in [6.45, 7) is 7.77. The van der Waals surface area contributed by atoms with E-state index in [1.807, 2.05) is 55.5 Å². The number of amidine groups is 1. The van der Waals surface area contributed by atoms with E-state index in [1.165, 1.54) is 0 Å². The van der Waals surface area contributed by atoms with E-state index in [2.05, 4.69) is 26.9 Å². The summed E-state index contributed by atoms with van der Waals surface area (Å²) in [4.78, 5) is 30.8. The summed E-state index contributed by atoms with van der Waals surface area (Å²) in [5, 5.41) is 16.9. The average molecular weight is 491 g/mol. The van der Waals surface area contributed by atoms with E-state index in [4.69, 9.17) is 4.99 Å². The predicted molar refractivity (Wildman–Crippen MR) is 142 cm³/mol. The predicted octanol–water partition coefficient (Wildman–Crippen LogP) is 4.66. The van der Waals surface area contributed by atoms with Crippen LogP contribution in [0, 0.1) is 0 Å². The molecule has 0 fully saturated rings. The Hall–Kier alpha value is -3.78. The molecule has 36 heavy (non-hydrogen) atoms. The number of aromatic nitrogens is 2. The number of aldehydes is 1. The maximum absolute atomic E-state index is 12.1. The maximum Gasteiger partial charge on any atom is 0.439 e. The standard InChI is InChI=1S/C28H34N4O4/c1-5-6-11-25(30-19(2)29-18-28(3,4)35)22(17-33)16-20-12-14-21(15-13-20)23-9-7-8-10-24(23)26-31-27(34)36-32-26/h7-10,12-15,17,35H,5-6,11,16,18H2,1-4H3,(H,29,30)(H,31,32,34)/b25-22-. The van der Waals surface area contributed by atoms with Gasteiger partial charge in [0.15, 0.2) is 5.82 Å². The van der Waals surface area contributed by atoms with Crippen molar-refractivity contribution in [2.45, 2.75) is 59.0 Å². The number of hydrogen-bond donors (Lipinski definition) is 3. The van der Waals surface area contributed by atoms with Gasteiger partial charge in [-0.15, -0.1) is 0 Å². The Morgan fingerprint density at radius 1 is 1.17 bits per heavy atom. The van der Waals surface area contributed by atoms with E-state index in [0.717, 1.165) is 47.1 Å². The number of carbonyl (C=O) groups is 1. The monoisotopic (exact) mass is 490 g/mol. The van der Waals surface area contributed by atoms with E-state index in [9.17, 15) is 14.7 Å². The van der Waals surface area contributed by atoms with Crippen molar-refractivity contribution in [2.24, 2.45) is 4.99 Å². The van der Waals surface area contributed by atoms with Crippen molar-refractivity contribution in [3.63, 3.8) is 0 Å². The van der Waals surface area contributed by atoms with Crippen LogP contribution in [0.1, 0.15) is 52.5 Å². The summed E-state index contributed by atoms with van der Waals surface area (Å²) in [5.74, 6) is 0.439. The number of aliphatic imine (C=N–C) groups is 1. The number of hydrogen-bond acceptors (Lipinski definition) is 6. The maximum atomic E-state index is 12.1. The molecule has 8 heteroatoms. The van der Waals surface area contributed by atoms with Crippen LogP contribution in [0.3, 0.4) is 0 Å². The SMILES string of the molecule is CCCCC(/N=C(/C)NCC(C)(C)O)=C(/C=O)Cc1ccc(-c2ccccc2-c2noc(=O)[nH]2)cc1. The Balaban J connectivity index is 1.86. The van der Waals surface area contributed by atoms with Crippen molar-refractivity contribution < 1.29 is 14.4 Å². The molecule has 0 radical (unpaired) electrons. The van der Waals surface area contributed by atoms with E-state index < -0.39 is 11.4 Å². The van der Waals surface area contributed by atoms with Gasteiger partial charge >= 0.3 is 5.76 Å². The molecule has 1 aromatic heterocycles. The van der Waals surface area contributed by atoms with Gasteiger partial charge < -0.3 is 10.4 Å². The molecule has 0 saturated carbocycles. The van der Waals surface area contributed by atoms with E-state index in [0.29, 0.717) is 36.6 Å². The van der Waals surface area contributed by atoms with Gasteiger partial charge in [-0.1, -0.05) is 67.0 Å². The fourth-order valence-corrected chi connectivity index (χ4v) is 3.74. The summed E-state index contributed by atoms with van der Waals surface area (Å²) in [5.41, 5.74) is 4.14. The molecular formula is C28H34N4O4. The smallest absolute Gasteiger partial charge is 0.389 e. The normalized spacial score (nSPS) is 12.9. The number of nitrogens with one attached hydrogen (secondary N) is 2. The van der Waals surface area contributed by atoms with E-state index in [-0.39, 0.29) is 0 Å². The highest BCUT2D eigenvalue weighted by Crippen LogP contribution is 2.30.